The molecular weight excluding hydrogens is 166 g/mol. The fourth-order valence-corrected chi connectivity index (χ4v) is 1.43. The van der Waals surface area contributed by atoms with Crippen molar-refractivity contribution in [2.24, 2.45) is 5.73 Å². The van der Waals surface area contributed by atoms with E-state index < -0.39 is 0 Å². The average Bonchev–Trinajstić information content (AvgIpc) is 2.54. The Balaban J connectivity index is 2.67. The van der Waals surface area contributed by atoms with Crippen molar-refractivity contribution in [1.29, 1.82) is 0 Å². The molecule has 74 valence electrons. The number of nitrogens with one attached hydrogen (secondary N) is 1. The topological polar surface area (TPSA) is 63.8 Å². The quantitative estimate of drug-likeness (QED) is 0.711. The minimum Gasteiger partial charge on any atom is -0.328 e. The Kier molecular flexibility index (Phi) is 3.76. The molecule has 1 rings (SSSR count). The van der Waals surface area contributed by atoms with Crippen LogP contribution in [0.15, 0.2) is 17.2 Å². The highest BCUT2D eigenvalue weighted by Crippen LogP contribution is 2.10. The predicted octanol–water partition coefficient (Wildman–Crippen LogP) is 0.866. The molecule has 3 N–H and O–H groups in total. The number of unbranched alkanes of at least 4 members (excludes halogenated alkanes) is 1. The molecule has 0 saturated carbocycles. The minimum atomic E-state index is -0.0634. The molecule has 0 aliphatic carbocycles. The van der Waals surface area contributed by atoms with Gasteiger partial charge in [-0.1, -0.05) is 19.8 Å². The first kappa shape index (κ1) is 10.1. The molecule has 4 heteroatoms. The molecule has 0 fully saturated rings. The van der Waals surface area contributed by atoms with Crippen molar-refractivity contribution < 1.29 is 0 Å². The third-order valence-corrected chi connectivity index (χ3v) is 2.23. The Hall–Kier alpha value is -1.03. The summed E-state index contributed by atoms with van der Waals surface area (Å²) in [7, 11) is 0. The van der Waals surface area contributed by atoms with Gasteiger partial charge in [0.1, 0.15) is 0 Å². The van der Waals surface area contributed by atoms with Crippen LogP contribution in [0.1, 0.15) is 32.2 Å². The summed E-state index contributed by atoms with van der Waals surface area (Å²) in [5.41, 5.74) is 5.54. The van der Waals surface area contributed by atoms with Crippen LogP contribution in [0.2, 0.25) is 0 Å². The lowest BCUT2D eigenvalue weighted by molar-refractivity contribution is 0.447. The summed E-state index contributed by atoms with van der Waals surface area (Å²) in [5.74, 6) is 0. The molecule has 0 bridgehead atoms. The van der Waals surface area contributed by atoms with Crippen molar-refractivity contribution in [3.05, 3.63) is 22.9 Å². The van der Waals surface area contributed by atoms with E-state index in [1.807, 2.05) is 0 Å². The van der Waals surface area contributed by atoms with E-state index in [4.69, 9.17) is 5.73 Å². The molecule has 1 aromatic rings. The zero-order chi connectivity index (χ0) is 9.68. The molecule has 0 amide bonds. The molecule has 13 heavy (non-hydrogen) atoms. The molecule has 0 aromatic carbocycles. The van der Waals surface area contributed by atoms with E-state index in [-0.39, 0.29) is 11.7 Å². The summed E-state index contributed by atoms with van der Waals surface area (Å²) in [6.45, 7) is 2.66. The third kappa shape index (κ3) is 2.45. The Labute approximate surface area is 77.8 Å². The lowest BCUT2D eigenvalue weighted by Gasteiger charge is -2.14. The fourth-order valence-electron chi connectivity index (χ4n) is 1.43. The van der Waals surface area contributed by atoms with Crippen LogP contribution in [0.5, 0.6) is 0 Å². The summed E-state index contributed by atoms with van der Waals surface area (Å²) in [4.78, 5) is 13.8. The molecule has 0 aliphatic rings. The van der Waals surface area contributed by atoms with Gasteiger partial charge in [-0.2, -0.15) is 0 Å². The Morgan fingerprint density at radius 1 is 1.69 bits per heavy atom. The number of hydrogen-bond donors (Lipinski definition) is 2. The predicted molar refractivity (Wildman–Crippen MR) is 52.7 cm³/mol. The van der Waals surface area contributed by atoms with Gasteiger partial charge in [-0.15, -0.1) is 0 Å². The Morgan fingerprint density at radius 2 is 2.46 bits per heavy atom. The number of hydrogen-bond acceptors (Lipinski definition) is 2. The van der Waals surface area contributed by atoms with Crippen LogP contribution in [-0.2, 0) is 0 Å². The SMILES string of the molecule is CCCCC(CN)n1cc[nH]c1=O. The molecule has 0 saturated heterocycles. The first-order chi connectivity index (χ1) is 6.29. The van der Waals surface area contributed by atoms with E-state index in [0.29, 0.717) is 6.54 Å². The largest absolute Gasteiger partial charge is 0.328 e. The van der Waals surface area contributed by atoms with Crippen LogP contribution in [-0.4, -0.2) is 16.1 Å². The van der Waals surface area contributed by atoms with E-state index >= 15 is 0 Å². The molecule has 1 aromatic heterocycles. The van der Waals surface area contributed by atoms with E-state index in [1.165, 1.54) is 0 Å². The summed E-state index contributed by atoms with van der Waals surface area (Å²) >= 11 is 0. The van der Waals surface area contributed by atoms with Gasteiger partial charge in [-0.25, -0.2) is 4.79 Å². The van der Waals surface area contributed by atoms with Crippen molar-refractivity contribution in [2.75, 3.05) is 6.54 Å². The number of aromatic nitrogens is 2. The second kappa shape index (κ2) is 4.87. The molecular formula is C9H17N3O. The molecule has 1 unspecified atom stereocenters. The van der Waals surface area contributed by atoms with Gasteiger partial charge in [-0.05, 0) is 6.42 Å². The zero-order valence-corrected chi connectivity index (χ0v) is 7.99. The maximum absolute atomic E-state index is 11.2. The lowest BCUT2D eigenvalue weighted by Crippen LogP contribution is -2.27. The molecule has 1 heterocycles. The first-order valence-electron chi connectivity index (χ1n) is 4.75. The second-order valence-electron chi connectivity index (χ2n) is 3.20. The zero-order valence-electron chi connectivity index (χ0n) is 7.99. The van der Waals surface area contributed by atoms with Crippen molar-refractivity contribution in [3.63, 3.8) is 0 Å². The van der Waals surface area contributed by atoms with Crippen molar-refractivity contribution >= 4 is 0 Å². The van der Waals surface area contributed by atoms with Gasteiger partial charge in [0, 0.05) is 18.9 Å². The number of H-pyrrole nitrogens is 1. The van der Waals surface area contributed by atoms with Crippen LogP contribution in [0.25, 0.3) is 0 Å². The third-order valence-electron chi connectivity index (χ3n) is 2.23. The first-order valence-corrected chi connectivity index (χ1v) is 4.75. The number of imidazole rings is 1. The van der Waals surface area contributed by atoms with Crippen LogP contribution in [0, 0.1) is 0 Å². The van der Waals surface area contributed by atoms with E-state index in [2.05, 4.69) is 11.9 Å². The number of aromatic amines is 1. The van der Waals surface area contributed by atoms with Crippen molar-refractivity contribution in [2.45, 2.75) is 32.2 Å². The normalized spacial score (nSPS) is 13.1. The van der Waals surface area contributed by atoms with Gasteiger partial charge in [0.25, 0.3) is 0 Å². The summed E-state index contributed by atoms with van der Waals surface area (Å²) in [5, 5.41) is 0. The molecule has 0 radical (unpaired) electrons. The summed E-state index contributed by atoms with van der Waals surface area (Å²) in [6, 6.07) is 0.152. The van der Waals surface area contributed by atoms with E-state index in [0.717, 1.165) is 19.3 Å². The molecule has 1 atom stereocenters. The van der Waals surface area contributed by atoms with Crippen molar-refractivity contribution in [3.8, 4) is 0 Å². The summed E-state index contributed by atoms with van der Waals surface area (Å²) in [6.07, 6.45) is 6.63. The monoisotopic (exact) mass is 183 g/mol. The highest BCUT2D eigenvalue weighted by atomic mass is 16.1. The van der Waals surface area contributed by atoms with E-state index in [1.54, 1.807) is 17.0 Å². The second-order valence-corrected chi connectivity index (χ2v) is 3.20. The van der Waals surface area contributed by atoms with Crippen LogP contribution in [0.4, 0.5) is 0 Å². The standard InChI is InChI=1S/C9H17N3O/c1-2-3-4-8(7-10)12-6-5-11-9(12)13/h5-6,8H,2-4,7,10H2,1H3,(H,11,13). The van der Waals surface area contributed by atoms with E-state index in [9.17, 15) is 4.79 Å². The van der Waals surface area contributed by atoms with Gasteiger partial charge in [0.15, 0.2) is 0 Å². The lowest BCUT2D eigenvalue weighted by atomic mass is 10.1. The molecule has 0 aliphatic heterocycles. The Bertz CT molecular complexity index is 289. The number of rotatable bonds is 5. The molecule has 4 nitrogen and oxygen atoms in total. The Morgan fingerprint density at radius 3 is 2.92 bits per heavy atom. The average molecular weight is 183 g/mol. The maximum atomic E-state index is 11.2. The van der Waals surface area contributed by atoms with Gasteiger partial charge < -0.3 is 10.7 Å². The van der Waals surface area contributed by atoms with Crippen LogP contribution < -0.4 is 11.4 Å². The van der Waals surface area contributed by atoms with Gasteiger partial charge in [0.2, 0.25) is 0 Å². The highest BCUT2D eigenvalue weighted by molar-refractivity contribution is 4.82. The number of nitrogens with zero attached hydrogens (tertiary/aromatic N) is 1. The molecule has 0 spiro atoms. The summed E-state index contributed by atoms with van der Waals surface area (Å²) < 4.78 is 1.68. The van der Waals surface area contributed by atoms with Crippen LogP contribution in [0.3, 0.4) is 0 Å². The van der Waals surface area contributed by atoms with Gasteiger partial charge in [-0.3, -0.25) is 4.57 Å². The number of nitrogens with two attached hydrogens (primary N) is 1. The highest BCUT2D eigenvalue weighted by Gasteiger charge is 2.09. The maximum Gasteiger partial charge on any atom is 0.325 e. The van der Waals surface area contributed by atoms with Gasteiger partial charge in [0.05, 0.1) is 6.04 Å². The fraction of sp³-hybridized carbons (Fsp3) is 0.667. The van der Waals surface area contributed by atoms with Crippen molar-refractivity contribution in [1.82, 2.24) is 9.55 Å². The smallest absolute Gasteiger partial charge is 0.325 e. The van der Waals surface area contributed by atoms with Gasteiger partial charge >= 0.3 is 5.69 Å². The minimum absolute atomic E-state index is 0.0634. The van der Waals surface area contributed by atoms with Crippen LogP contribution >= 0.6 is 0 Å².